The van der Waals surface area contributed by atoms with Crippen LogP contribution in [0, 0.1) is 0 Å². The first-order valence-corrected chi connectivity index (χ1v) is 38.9. The monoisotopic (exact) mass is 1370 g/mol. The number of hydrogen-bond acceptors (Lipinski definition) is 13. The lowest BCUT2D eigenvalue weighted by Gasteiger charge is -2.47. The summed E-state index contributed by atoms with van der Waals surface area (Å²) in [6.07, 6.45) is 47.8. The molecular formula is C80H128F3NO13. The smallest absolute Gasteiger partial charge is 0.430 e. The maximum absolute atomic E-state index is 14.7. The number of benzene rings is 2. The normalized spacial score (nSPS) is 16.4. The molecule has 0 amide bonds. The number of carbonyl (C=O) groups excluding carboxylic acids is 6. The zero-order chi connectivity index (χ0) is 69.9. The molecular weight excluding hydrogens is 1240 g/mol. The molecule has 0 aliphatic carbocycles. The second-order valence-corrected chi connectivity index (χ2v) is 28.2. The van der Waals surface area contributed by atoms with E-state index in [9.17, 15) is 37.1 Å². The molecule has 2 aromatic rings. The summed E-state index contributed by atoms with van der Waals surface area (Å²) in [7, 11) is 0. The predicted octanol–water partition coefficient (Wildman–Crippen LogP) is 19.4. The molecule has 5 rings (SSSR count). The van der Waals surface area contributed by atoms with Crippen molar-refractivity contribution in [2.45, 2.75) is 365 Å². The third-order valence-electron chi connectivity index (χ3n) is 20.3. The number of alkyl halides is 3. The van der Waals surface area contributed by atoms with Gasteiger partial charge in [0, 0.05) is 64.2 Å². The highest BCUT2D eigenvalue weighted by atomic mass is 19.4. The lowest BCUT2D eigenvalue weighted by atomic mass is 9.85. The fourth-order valence-electron chi connectivity index (χ4n) is 14.7. The summed E-state index contributed by atoms with van der Waals surface area (Å²) in [5.74, 6) is -4.72. The highest BCUT2D eigenvalue weighted by Crippen LogP contribution is 2.47. The standard InChI is InChI=1S/C78H128NO11.C2HF3O2/c1-3-5-7-9-11-13-15-18-22-26-30-34-44-54-73(80)85-64-72(65-86-74(81)55-45-35-31-27-23-19-16-14-12-10-8-6-4-2)89-76(83)57-47-37-33-29-25-21-17-20-24-28-32-36-46-56-75(82)87-66-88-78(67-50-40-38-41-51-67,68-52-42-39-43-53-68)77(84)90-71-62-69-58-59-70(63-71)79(69)60-48-49-61-79;3-2(4,5)1(6)7/h38-43,50-53,69-72H,3-37,44-49,54-66H2,1-2H3;(H,6,7)/q+1;/p-1. The molecule has 2 bridgehead atoms. The van der Waals surface area contributed by atoms with Crippen LogP contribution in [0.2, 0.25) is 0 Å². The van der Waals surface area contributed by atoms with Gasteiger partial charge in [0.2, 0.25) is 5.60 Å². The van der Waals surface area contributed by atoms with E-state index >= 15 is 0 Å². The quantitative estimate of drug-likeness (QED) is 0.0201. The predicted molar refractivity (Wildman–Crippen MR) is 374 cm³/mol. The van der Waals surface area contributed by atoms with Crippen LogP contribution < -0.4 is 5.11 Å². The molecule has 17 heteroatoms. The Balaban J connectivity index is 0.00000270. The average molecular weight is 1370 g/mol. The Hall–Kier alpha value is -5.03. The summed E-state index contributed by atoms with van der Waals surface area (Å²) < 4.78 is 68.4. The van der Waals surface area contributed by atoms with E-state index in [1.807, 2.05) is 60.7 Å². The number of hydrogen-bond donors (Lipinski definition) is 0. The van der Waals surface area contributed by atoms with Crippen LogP contribution in [0.4, 0.5) is 13.2 Å². The number of carboxylic acids is 1. The minimum absolute atomic E-state index is 0.0995. The van der Waals surface area contributed by atoms with E-state index in [0.717, 1.165) is 103 Å². The number of rotatable bonds is 56. The first-order chi connectivity index (χ1) is 47.1. The minimum Gasteiger partial charge on any atom is -0.542 e. The molecule has 3 fully saturated rings. The zero-order valence-electron chi connectivity index (χ0n) is 60.2. The van der Waals surface area contributed by atoms with Gasteiger partial charge in [0.1, 0.15) is 25.3 Å². The van der Waals surface area contributed by atoms with Crippen LogP contribution in [-0.4, -0.2) is 104 Å². The van der Waals surface area contributed by atoms with Crippen molar-refractivity contribution in [3.63, 3.8) is 0 Å². The zero-order valence-corrected chi connectivity index (χ0v) is 60.2. The van der Waals surface area contributed by atoms with Gasteiger partial charge in [-0.1, -0.05) is 299 Å². The summed E-state index contributed by atoms with van der Waals surface area (Å²) in [6.45, 7) is 6.48. The largest absolute Gasteiger partial charge is 0.542 e. The number of aliphatic carboxylic acids is 1. The van der Waals surface area contributed by atoms with Crippen molar-refractivity contribution in [1.82, 2.24) is 0 Å². The molecule has 3 saturated heterocycles. The molecule has 97 heavy (non-hydrogen) atoms. The number of quaternary nitrogens is 1. The fraction of sp³-hybridized carbons (Fsp3) is 0.775. The van der Waals surface area contributed by atoms with Crippen LogP contribution in [0.25, 0.3) is 0 Å². The lowest BCUT2D eigenvalue weighted by Crippen LogP contribution is -2.60. The van der Waals surface area contributed by atoms with Crippen molar-refractivity contribution in [2.24, 2.45) is 0 Å². The summed E-state index contributed by atoms with van der Waals surface area (Å²) in [5.41, 5.74) is -0.282. The van der Waals surface area contributed by atoms with E-state index in [2.05, 4.69) is 13.8 Å². The molecule has 2 atom stereocenters. The molecule has 2 unspecified atom stereocenters. The molecule has 0 N–H and O–H groups in total. The van der Waals surface area contributed by atoms with E-state index in [-0.39, 0.29) is 56.4 Å². The average Bonchev–Trinajstić information content (AvgIpc) is 1.64. The molecule has 3 aliphatic rings. The van der Waals surface area contributed by atoms with E-state index in [0.29, 0.717) is 42.5 Å². The van der Waals surface area contributed by atoms with Gasteiger partial charge >= 0.3 is 36.0 Å². The van der Waals surface area contributed by atoms with Gasteiger partial charge in [0.25, 0.3) is 0 Å². The molecule has 3 aliphatic heterocycles. The molecule has 552 valence electrons. The Bertz CT molecular complexity index is 2280. The molecule has 0 radical (unpaired) electrons. The second-order valence-electron chi connectivity index (χ2n) is 28.2. The van der Waals surface area contributed by atoms with Gasteiger partial charge in [0.15, 0.2) is 12.9 Å². The topological polar surface area (TPSA) is 181 Å². The van der Waals surface area contributed by atoms with Gasteiger partial charge in [-0.25, -0.2) is 4.79 Å². The lowest BCUT2D eigenvalue weighted by molar-refractivity contribution is -0.956. The van der Waals surface area contributed by atoms with Crippen LogP contribution in [0.1, 0.15) is 340 Å². The van der Waals surface area contributed by atoms with Crippen molar-refractivity contribution < 1.29 is 79.9 Å². The minimum atomic E-state index is -5.19. The van der Waals surface area contributed by atoms with Crippen molar-refractivity contribution in [3.8, 4) is 0 Å². The third-order valence-corrected chi connectivity index (χ3v) is 20.3. The van der Waals surface area contributed by atoms with Crippen LogP contribution in [0.3, 0.4) is 0 Å². The third kappa shape index (κ3) is 35.7. The van der Waals surface area contributed by atoms with Gasteiger partial charge < -0.3 is 42.8 Å². The van der Waals surface area contributed by atoms with Crippen molar-refractivity contribution >= 4 is 35.8 Å². The number of ether oxygens (including phenoxy) is 6. The molecule has 14 nitrogen and oxygen atoms in total. The Labute approximate surface area is 582 Å². The molecule has 2 aromatic carbocycles. The Kier molecular flexibility index (Phi) is 45.3. The Morgan fingerprint density at radius 2 is 0.742 bits per heavy atom. The second kappa shape index (κ2) is 52.0. The molecule has 1 spiro atoms. The Morgan fingerprint density at radius 3 is 1.06 bits per heavy atom. The van der Waals surface area contributed by atoms with Gasteiger partial charge in [0.05, 0.1) is 25.2 Å². The number of halogens is 3. The molecule has 3 heterocycles. The Morgan fingerprint density at radius 1 is 0.443 bits per heavy atom. The number of carboxylic acid groups (broad SMARTS) is 1. The van der Waals surface area contributed by atoms with Crippen LogP contribution >= 0.6 is 0 Å². The summed E-state index contributed by atoms with van der Waals surface area (Å²) in [5, 5.41) is 8.78. The maximum atomic E-state index is 14.7. The number of esters is 5. The fourth-order valence-corrected chi connectivity index (χ4v) is 14.7. The van der Waals surface area contributed by atoms with Gasteiger partial charge in [-0.3, -0.25) is 19.2 Å². The summed E-state index contributed by atoms with van der Waals surface area (Å²) in [4.78, 5) is 75.0. The summed E-state index contributed by atoms with van der Waals surface area (Å²) >= 11 is 0. The molecule has 0 saturated carbocycles. The number of nitrogens with zero attached hydrogens (tertiary/aromatic N) is 1. The highest BCUT2D eigenvalue weighted by molar-refractivity contribution is 5.86. The number of unbranched alkanes of at least 4 members (excludes halogenated alkanes) is 36. The van der Waals surface area contributed by atoms with Gasteiger partial charge in [-0.2, -0.15) is 13.2 Å². The van der Waals surface area contributed by atoms with E-state index in [1.54, 1.807) is 0 Å². The van der Waals surface area contributed by atoms with Crippen molar-refractivity contribution in [3.05, 3.63) is 71.8 Å². The van der Waals surface area contributed by atoms with Crippen molar-refractivity contribution in [1.29, 1.82) is 0 Å². The van der Waals surface area contributed by atoms with E-state index in [1.165, 1.54) is 204 Å². The van der Waals surface area contributed by atoms with Crippen LogP contribution in [-0.2, 0) is 62.8 Å². The number of piperidine rings is 1. The first-order valence-electron chi connectivity index (χ1n) is 38.9. The van der Waals surface area contributed by atoms with Gasteiger partial charge in [-0.05, 0) is 36.8 Å². The van der Waals surface area contributed by atoms with E-state index < -0.39 is 29.8 Å². The van der Waals surface area contributed by atoms with E-state index in [4.69, 9.17) is 38.3 Å². The van der Waals surface area contributed by atoms with Crippen molar-refractivity contribution in [2.75, 3.05) is 33.1 Å². The van der Waals surface area contributed by atoms with Crippen LogP contribution in [0.5, 0.6) is 0 Å². The van der Waals surface area contributed by atoms with Gasteiger partial charge in [-0.15, -0.1) is 0 Å². The summed E-state index contributed by atoms with van der Waals surface area (Å²) in [6, 6.07) is 20.1. The molecule has 0 aromatic heterocycles. The number of carbonyl (C=O) groups is 6. The van der Waals surface area contributed by atoms with Crippen LogP contribution in [0.15, 0.2) is 60.7 Å². The highest BCUT2D eigenvalue weighted by Gasteiger charge is 2.57. The first kappa shape index (κ1) is 84.4. The SMILES string of the molecule is CCCCCCCCCCCCCCCC(=O)OCC(COC(=O)CCCCCCCCCCCCCCC)OC(=O)CCCCCCCCCCCCCCCC(=O)OCOC(C(=O)OC1CC2CCC(C1)[N+]21CCCC1)(c1ccccc1)c1ccccc1.O=C([O-])C(F)(F)F. The maximum Gasteiger partial charge on any atom is 0.430 e.